The van der Waals surface area contributed by atoms with Gasteiger partial charge in [-0.25, -0.2) is 0 Å². The first-order chi connectivity index (χ1) is 4.34. The van der Waals surface area contributed by atoms with Crippen molar-refractivity contribution in [1.29, 1.82) is 0 Å². The van der Waals surface area contributed by atoms with Gasteiger partial charge in [-0.2, -0.15) is 0 Å². The molecule has 1 N–H and O–H groups in total. The first-order valence-corrected chi connectivity index (χ1v) is 3.79. The number of fused-ring (bicyclic) bond motifs is 2. The second-order valence-electron chi connectivity index (χ2n) is 3.36. The van der Waals surface area contributed by atoms with Crippen LogP contribution in [0.15, 0.2) is 0 Å². The number of nitrogens with zero attached hydrogens (tertiary/aromatic N) is 1. The summed E-state index contributed by atoms with van der Waals surface area (Å²) in [5, 5.41) is 3.58. The van der Waals surface area contributed by atoms with Crippen molar-refractivity contribution in [1.82, 2.24) is 10.2 Å². The van der Waals surface area contributed by atoms with E-state index in [4.69, 9.17) is 0 Å². The van der Waals surface area contributed by atoms with E-state index in [9.17, 15) is 0 Å². The second-order valence-corrected chi connectivity index (χ2v) is 3.36. The minimum Gasteiger partial charge on any atom is -0.309 e. The van der Waals surface area contributed by atoms with Crippen LogP contribution in [-0.4, -0.2) is 37.1 Å². The molecule has 54 valence electrons. The van der Waals surface area contributed by atoms with E-state index >= 15 is 0 Å². The minimum atomic E-state index is 0. The van der Waals surface area contributed by atoms with Crippen molar-refractivity contribution in [2.75, 3.05) is 20.1 Å². The summed E-state index contributed by atoms with van der Waals surface area (Å²) in [5.41, 5.74) is 0. The van der Waals surface area contributed by atoms with Crippen LogP contribution in [0.25, 0.3) is 0 Å². The van der Waals surface area contributed by atoms with E-state index in [-0.39, 0.29) is 1.43 Å². The second kappa shape index (κ2) is 1.96. The van der Waals surface area contributed by atoms with Crippen molar-refractivity contribution in [3.8, 4) is 0 Å². The maximum absolute atomic E-state index is 3.58. The Morgan fingerprint density at radius 2 is 1.89 bits per heavy atom. The van der Waals surface area contributed by atoms with Crippen LogP contribution in [0.3, 0.4) is 0 Å². The lowest BCUT2D eigenvalue weighted by Gasteiger charge is -2.29. The summed E-state index contributed by atoms with van der Waals surface area (Å²) in [7, 11) is 2.21. The molecular weight excluding hydrogens is 112 g/mol. The van der Waals surface area contributed by atoms with E-state index in [1.54, 1.807) is 0 Å². The molecule has 2 saturated heterocycles. The molecule has 2 rings (SSSR count). The molecule has 2 unspecified atom stereocenters. The van der Waals surface area contributed by atoms with Gasteiger partial charge in [0.1, 0.15) is 0 Å². The zero-order valence-corrected chi connectivity index (χ0v) is 5.93. The first-order valence-electron chi connectivity index (χ1n) is 3.79. The van der Waals surface area contributed by atoms with Gasteiger partial charge in [0.05, 0.1) is 0 Å². The molecule has 0 saturated carbocycles. The molecular formula is C7H16N2. The van der Waals surface area contributed by atoms with Crippen molar-refractivity contribution < 1.29 is 1.43 Å². The van der Waals surface area contributed by atoms with Crippen LogP contribution >= 0.6 is 0 Å². The lowest BCUT2D eigenvalue weighted by atomic mass is 10.2. The molecule has 2 nitrogen and oxygen atoms in total. The number of piperazine rings is 1. The Balaban J connectivity index is 0.000000500. The van der Waals surface area contributed by atoms with E-state index in [1.165, 1.54) is 25.9 Å². The highest BCUT2D eigenvalue weighted by Crippen LogP contribution is 2.18. The number of rotatable bonds is 0. The molecule has 2 bridgehead atoms. The number of hydrogen-bond acceptors (Lipinski definition) is 2. The maximum Gasteiger partial charge on any atom is 0.0198 e. The predicted molar refractivity (Wildman–Crippen MR) is 39.6 cm³/mol. The molecule has 0 aliphatic carbocycles. The summed E-state index contributed by atoms with van der Waals surface area (Å²) in [6.45, 7) is 2.52. The van der Waals surface area contributed by atoms with Crippen molar-refractivity contribution in [3.05, 3.63) is 0 Å². The standard InChI is InChI=1S/C7H14N2.H2/c1-9-4-6-2-3-7(5-9)8-6;/h6-8H,2-5H2,1H3;1H. The molecule has 2 aliphatic rings. The number of likely N-dealkylation sites (N-methyl/N-ethyl adjacent to an activating group) is 1. The fraction of sp³-hybridized carbons (Fsp3) is 1.00. The van der Waals surface area contributed by atoms with E-state index in [1.807, 2.05) is 0 Å². The topological polar surface area (TPSA) is 15.3 Å². The molecule has 2 fully saturated rings. The molecule has 0 aromatic carbocycles. The van der Waals surface area contributed by atoms with Crippen LogP contribution < -0.4 is 5.32 Å². The summed E-state index contributed by atoms with van der Waals surface area (Å²) >= 11 is 0. The molecule has 2 heteroatoms. The first kappa shape index (κ1) is 5.69. The highest BCUT2D eigenvalue weighted by molar-refractivity contribution is 4.91. The third-order valence-corrected chi connectivity index (χ3v) is 2.40. The van der Waals surface area contributed by atoms with Gasteiger partial charge in [-0.05, 0) is 19.9 Å². The van der Waals surface area contributed by atoms with Gasteiger partial charge >= 0.3 is 0 Å². The van der Waals surface area contributed by atoms with E-state index in [2.05, 4.69) is 17.3 Å². The minimum absolute atomic E-state index is 0. The van der Waals surface area contributed by atoms with Gasteiger partial charge in [-0.1, -0.05) is 0 Å². The van der Waals surface area contributed by atoms with Crippen LogP contribution in [0.4, 0.5) is 0 Å². The normalized spacial score (nSPS) is 43.7. The summed E-state index contributed by atoms with van der Waals surface area (Å²) in [5.74, 6) is 0. The van der Waals surface area contributed by atoms with Crippen LogP contribution in [0.2, 0.25) is 0 Å². The van der Waals surface area contributed by atoms with Crippen molar-refractivity contribution in [2.24, 2.45) is 0 Å². The van der Waals surface area contributed by atoms with Crippen LogP contribution in [0, 0.1) is 0 Å². The Morgan fingerprint density at radius 3 is 2.44 bits per heavy atom. The molecule has 0 aromatic rings. The molecule has 9 heavy (non-hydrogen) atoms. The molecule has 0 amide bonds. The molecule has 0 spiro atoms. The lowest BCUT2D eigenvalue weighted by molar-refractivity contribution is 0.235. The average molecular weight is 128 g/mol. The largest absolute Gasteiger partial charge is 0.309 e. The van der Waals surface area contributed by atoms with E-state index < -0.39 is 0 Å². The van der Waals surface area contributed by atoms with Crippen LogP contribution in [0.1, 0.15) is 14.3 Å². The molecule has 2 atom stereocenters. The smallest absolute Gasteiger partial charge is 0.0198 e. The highest BCUT2D eigenvalue weighted by Gasteiger charge is 2.29. The van der Waals surface area contributed by atoms with Gasteiger partial charge in [-0.3, -0.25) is 0 Å². The van der Waals surface area contributed by atoms with Crippen LogP contribution in [-0.2, 0) is 0 Å². The maximum atomic E-state index is 3.58. The average Bonchev–Trinajstić information content (AvgIpc) is 2.11. The molecule has 2 aliphatic heterocycles. The van der Waals surface area contributed by atoms with Crippen molar-refractivity contribution in [2.45, 2.75) is 24.9 Å². The third kappa shape index (κ3) is 0.970. The summed E-state index contributed by atoms with van der Waals surface area (Å²) in [4.78, 5) is 2.43. The summed E-state index contributed by atoms with van der Waals surface area (Å²) in [6, 6.07) is 1.63. The lowest BCUT2D eigenvalue weighted by Crippen LogP contribution is -2.49. The SMILES string of the molecule is CN1CC2CCC(C1)N2.[HH]. The van der Waals surface area contributed by atoms with Gasteiger partial charge < -0.3 is 10.2 Å². The van der Waals surface area contributed by atoms with Gasteiger partial charge in [0, 0.05) is 26.6 Å². The quantitative estimate of drug-likeness (QED) is 0.504. The van der Waals surface area contributed by atoms with Gasteiger partial charge in [0.2, 0.25) is 0 Å². The molecule has 0 aromatic heterocycles. The molecule has 2 heterocycles. The fourth-order valence-electron chi connectivity index (χ4n) is 2.02. The van der Waals surface area contributed by atoms with E-state index in [0.29, 0.717) is 0 Å². The predicted octanol–water partition coefficient (Wildman–Crippen LogP) is 0.298. The van der Waals surface area contributed by atoms with Crippen molar-refractivity contribution >= 4 is 0 Å². The van der Waals surface area contributed by atoms with Gasteiger partial charge in [0.15, 0.2) is 0 Å². The summed E-state index contributed by atoms with van der Waals surface area (Å²) < 4.78 is 0. The highest BCUT2D eigenvalue weighted by atomic mass is 15.2. The number of likely N-dealkylation sites (tertiary alicyclic amines) is 1. The Morgan fingerprint density at radius 1 is 1.33 bits per heavy atom. The Hall–Kier alpha value is -0.0800. The Labute approximate surface area is 57.7 Å². The third-order valence-electron chi connectivity index (χ3n) is 2.40. The Kier molecular flexibility index (Phi) is 1.24. The van der Waals surface area contributed by atoms with Crippen molar-refractivity contribution in [3.63, 3.8) is 0 Å². The number of hydrogen-bond donors (Lipinski definition) is 1. The zero-order valence-electron chi connectivity index (χ0n) is 5.93. The Bertz CT molecular complexity index is 106. The zero-order chi connectivity index (χ0) is 6.27. The molecule has 0 radical (unpaired) electrons. The van der Waals surface area contributed by atoms with Gasteiger partial charge in [0.25, 0.3) is 0 Å². The van der Waals surface area contributed by atoms with E-state index in [0.717, 1.165) is 12.1 Å². The monoisotopic (exact) mass is 128 g/mol. The van der Waals surface area contributed by atoms with Gasteiger partial charge in [-0.15, -0.1) is 0 Å². The number of nitrogens with one attached hydrogen (secondary N) is 1. The van der Waals surface area contributed by atoms with Crippen LogP contribution in [0.5, 0.6) is 0 Å². The fourth-order valence-corrected chi connectivity index (χ4v) is 2.02. The summed E-state index contributed by atoms with van der Waals surface area (Å²) in [6.07, 6.45) is 2.80.